The van der Waals surface area contributed by atoms with Crippen LogP contribution in [0.4, 0.5) is 0 Å². The Morgan fingerprint density at radius 1 is 1.30 bits per heavy atom. The van der Waals surface area contributed by atoms with Crippen molar-refractivity contribution < 1.29 is 24.0 Å². The number of hydrogen-bond acceptors (Lipinski definition) is 0. The third kappa shape index (κ3) is 4.52. The van der Waals surface area contributed by atoms with Crippen LogP contribution in [0.1, 0.15) is 11.1 Å². The van der Waals surface area contributed by atoms with E-state index in [-0.39, 0.29) is 47.0 Å². The van der Waals surface area contributed by atoms with Gasteiger partial charge in [-0.15, -0.1) is 0 Å². The molecule has 0 heterocycles. The molecule has 0 bridgehead atoms. The van der Waals surface area contributed by atoms with E-state index in [0.29, 0.717) is 0 Å². The molecule has 0 unspecified atom stereocenters. The smallest absolute Gasteiger partial charge is 1.00 e. The first-order chi connectivity index (χ1) is 3.79. The Hall–Kier alpha value is 0.716. The summed E-state index contributed by atoms with van der Waals surface area (Å²) in [6.07, 6.45) is 0. The maximum atomic E-state index is 3.07. The third-order valence-corrected chi connectivity index (χ3v) is 1.10. The summed E-state index contributed by atoms with van der Waals surface area (Å²) in [6.45, 7) is 4.13. The van der Waals surface area contributed by atoms with E-state index in [1.807, 2.05) is 19.1 Å². The molecule has 0 spiro atoms. The Bertz CT molecular complexity index is 169. The van der Waals surface area contributed by atoms with Crippen molar-refractivity contribution in [1.82, 2.24) is 0 Å². The molecule has 0 aliphatic rings. The van der Waals surface area contributed by atoms with E-state index >= 15 is 0 Å². The molecule has 0 atom stereocenters. The van der Waals surface area contributed by atoms with Crippen LogP contribution < -0.4 is 24.0 Å². The molecule has 0 aromatic heterocycles. The fraction of sp³-hybridized carbons (Fsp3) is 0.250. The molecule has 0 radical (unpaired) electrons. The molecule has 0 N–H and O–H groups in total. The van der Waals surface area contributed by atoms with Gasteiger partial charge in [-0.1, -0.05) is 13.8 Å². The Morgan fingerprint density at radius 3 is 2.20 bits per heavy atom. The van der Waals surface area contributed by atoms with E-state index in [9.17, 15) is 0 Å². The van der Waals surface area contributed by atoms with Gasteiger partial charge in [0, 0.05) is 0 Å². The molecule has 0 aliphatic carbocycles. The van der Waals surface area contributed by atoms with Crippen LogP contribution in [-0.2, 0) is 0 Å². The molecular formula is C8H9IMg. The van der Waals surface area contributed by atoms with E-state index in [2.05, 4.69) is 19.1 Å². The van der Waals surface area contributed by atoms with Crippen molar-refractivity contribution in [3.63, 3.8) is 0 Å². The predicted octanol–water partition coefficient (Wildman–Crippen LogP) is -1.27. The maximum absolute atomic E-state index is 3.07. The summed E-state index contributed by atoms with van der Waals surface area (Å²) < 4.78 is 0. The van der Waals surface area contributed by atoms with Crippen LogP contribution in [-0.4, -0.2) is 23.1 Å². The van der Waals surface area contributed by atoms with Crippen molar-refractivity contribution in [2.24, 2.45) is 0 Å². The van der Waals surface area contributed by atoms with Gasteiger partial charge in [0.2, 0.25) is 0 Å². The average Bonchev–Trinajstić information content (AvgIpc) is 1.64. The minimum Gasteiger partial charge on any atom is -1.00 e. The second-order valence-electron chi connectivity index (χ2n) is 2.05. The monoisotopic (exact) mass is 256 g/mol. The molecular weight excluding hydrogens is 247 g/mol. The maximum Gasteiger partial charge on any atom is 2.00 e. The Morgan fingerprint density at radius 2 is 1.90 bits per heavy atom. The minimum atomic E-state index is 0. The van der Waals surface area contributed by atoms with E-state index < -0.39 is 0 Å². The number of halogens is 1. The number of aryl methyl sites for hydroxylation is 2. The van der Waals surface area contributed by atoms with Gasteiger partial charge in [0.1, 0.15) is 0 Å². The molecule has 0 nitrogen and oxygen atoms in total. The number of benzene rings is 1. The summed E-state index contributed by atoms with van der Waals surface area (Å²) in [6, 6.07) is 9.18. The summed E-state index contributed by atoms with van der Waals surface area (Å²) in [4.78, 5) is 0. The van der Waals surface area contributed by atoms with Gasteiger partial charge >= 0.3 is 23.1 Å². The zero-order valence-electron chi connectivity index (χ0n) is 6.32. The van der Waals surface area contributed by atoms with Crippen LogP contribution in [0.5, 0.6) is 0 Å². The Kier molecular flexibility index (Phi) is 8.56. The van der Waals surface area contributed by atoms with Gasteiger partial charge in [-0.25, -0.2) is 0 Å². The van der Waals surface area contributed by atoms with Gasteiger partial charge in [0.15, 0.2) is 0 Å². The fourth-order valence-corrected chi connectivity index (χ4v) is 0.736. The summed E-state index contributed by atoms with van der Waals surface area (Å²) in [5, 5.41) is 0. The van der Waals surface area contributed by atoms with E-state index in [4.69, 9.17) is 0 Å². The zero-order chi connectivity index (χ0) is 5.98. The summed E-state index contributed by atoms with van der Waals surface area (Å²) in [7, 11) is 0. The average molecular weight is 256 g/mol. The van der Waals surface area contributed by atoms with Crippen molar-refractivity contribution in [1.29, 1.82) is 0 Å². The number of hydrogen-bond donors (Lipinski definition) is 0. The van der Waals surface area contributed by atoms with Crippen LogP contribution >= 0.6 is 0 Å². The Labute approximate surface area is 95.6 Å². The second-order valence-corrected chi connectivity index (χ2v) is 2.05. The van der Waals surface area contributed by atoms with Crippen LogP contribution in [0.15, 0.2) is 18.2 Å². The molecule has 0 fully saturated rings. The third-order valence-electron chi connectivity index (χ3n) is 1.10. The van der Waals surface area contributed by atoms with Crippen LogP contribution in [0.25, 0.3) is 0 Å². The van der Waals surface area contributed by atoms with Gasteiger partial charge in [-0.05, 0) is 0 Å². The van der Waals surface area contributed by atoms with Crippen LogP contribution in [0.2, 0.25) is 0 Å². The van der Waals surface area contributed by atoms with Crippen LogP contribution in [0.3, 0.4) is 0 Å². The summed E-state index contributed by atoms with van der Waals surface area (Å²) >= 11 is 0. The van der Waals surface area contributed by atoms with Gasteiger partial charge in [-0.2, -0.15) is 35.4 Å². The van der Waals surface area contributed by atoms with Gasteiger partial charge < -0.3 is 24.0 Å². The van der Waals surface area contributed by atoms with Gasteiger partial charge in [0.25, 0.3) is 0 Å². The van der Waals surface area contributed by atoms with E-state index in [1.165, 1.54) is 11.1 Å². The van der Waals surface area contributed by atoms with Gasteiger partial charge in [0.05, 0.1) is 0 Å². The SMILES string of the molecule is Cc1[c-]ccc(C)c1.[I-].[Mg+2]. The van der Waals surface area contributed by atoms with E-state index in [1.54, 1.807) is 0 Å². The molecule has 0 amide bonds. The quantitative estimate of drug-likeness (QED) is 0.308. The van der Waals surface area contributed by atoms with E-state index in [0.717, 1.165) is 0 Å². The second kappa shape index (κ2) is 6.43. The number of rotatable bonds is 0. The standard InChI is InChI=1S/C8H9.HI.Mg/c1-7-4-3-5-8(2)6-7;;/h3-4,6H,1-2H3;1H;/q-1;;+2/p-1. The first-order valence-corrected chi connectivity index (χ1v) is 2.74. The first kappa shape index (κ1) is 13.3. The van der Waals surface area contributed by atoms with Crippen molar-refractivity contribution in [3.8, 4) is 0 Å². The summed E-state index contributed by atoms with van der Waals surface area (Å²) in [5.41, 5.74) is 2.52. The topological polar surface area (TPSA) is 0 Å². The van der Waals surface area contributed by atoms with Gasteiger partial charge in [-0.3, -0.25) is 0 Å². The van der Waals surface area contributed by atoms with Crippen molar-refractivity contribution in [2.45, 2.75) is 13.8 Å². The largest absolute Gasteiger partial charge is 2.00 e. The molecule has 0 aliphatic heterocycles. The van der Waals surface area contributed by atoms with Crippen molar-refractivity contribution in [3.05, 3.63) is 35.4 Å². The first-order valence-electron chi connectivity index (χ1n) is 2.74. The molecule has 10 heavy (non-hydrogen) atoms. The molecule has 1 aromatic rings. The zero-order valence-corrected chi connectivity index (χ0v) is 9.89. The Balaban J connectivity index is 0. The predicted molar refractivity (Wildman–Crippen MR) is 40.5 cm³/mol. The molecule has 1 rings (SSSR count). The molecule has 50 valence electrons. The molecule has 2 heteroatoms. The van der Waals surface area contributed by atoms with Crippen LogP contribution in [0, 0.1) is 19.9 Å². The summed E-state index contributed by atoms with van der Waals surface area (Å²) in [5.74, 6) is 0. The normalized spacial score (nSPS) is 7.40. The van der Waals surface area contributed by atoms with Crippen molar-refractivity contribution in [2.75, 3.05) is 0 Å². The molecule has 1 aromatic carbocycles. The molecule has 0 saturated carbocycles. The van der Waals surface area contributed by atoms with Crippen molar-refractivity contribution >= 4 is 23.1 Å². The minimum absolute atomic E-state index is 0. The molecule has 0 saturated heterocycles. The fourth-order valence-electron chi connectivity index (χ4n) is 0.736.